The van der Waals surface area contributed by atoms with Crippen molar-refractivity contribution in [2.24, 2.45) is 0 Å². The SMILES string of the molecule is COc1ccc(Cn2nc(Cl)c(C=O)c2C(C)(C)C)cc1. The molecule has 0 unspecified atom stereocenters. The minimum atomic E-state index is -0.219. The Hall–Kier alpha value is -1.81. The highest BCUT2D eigenvalue weighted by atomic mass is 35.5. The molecule has 0 fully saturated rings. The average Bonchev–Trinajstić information content (AvgIpc) is 2.75. The molecule has 0 aliphatic carbocycles. The van der Waals surface area contributed by atoms with Gasteiger partial charge in [0.25, 0.3) is 0 Å². The Kier molecular flexibility index (Phi) is 4.37. The third-order valence-corrected chi connectivity index (χ3v) is 3.54. The Morgan fingerprint density at radius 1 is 1.29 bits per heavy atom. The van der Waals surface area contributed by atoms with Crippen molar-refractivity contribution in [2.75, 3.05) is 7.11 Å². The van der Waals surface area contributed by atoms with Crippen LogP contribution in [0.25, 0.3) is 0 Å². The van der Waals surface area contributed by atoms with Crippen LogP contribution in [0.1, 0.15) is 42.4 Å². The number of aldehydes is 1. The lowest BCUT2D eigenvalue weighted by atomic mass is 9.89. The molecule has 5 heteroatoms. The zero-order valence-corrected chi connectivity index (χ0v) is 13.4. The lowest BCUT2D eigenvalue weighted by Crippen LogP contribution is -2.20. The molecule has 0 aliphatic rings. The van der Waals surface area contributed by atoms with Gasteiger partial charge in [-0.25, -0.2) is 0 Å². The lowest BCUT2D eigenvalue weighted by molar-refractivity contribution is 0.112. The first kappa shape index (κ1) is 15.6. The van der Waals surface area contributed by atoms with E-state index >= 15 is 0 Å². The number of nitrogens with zero attached hydrogens (tertiary/aromatic N) is 2. The molecule has 0 atom stereocenters. The summed E-state index contributed by atoms with van der Waals surface area (Å²) in [5.74, 6) is 0.807. The molecule has 0 N–H and O–H groups in total. The van der Waals surface area contributed by atoms with Crippen LogP contribution >= 0.6 is 11.6 Å². The number of ether oxygens (including phenoxy) is 1. The van der Waals surface area contributed by atoms with Gasteiger partial charge < -0.3 is 4.74 Å². The van der Waals surface area contributed by atoms with Crippen LogP contribution < -0.4 is 4.74 Å². The Labute approximate surface area is 129 Å². The zero-order valence-electron chi connectivity index (χ0n) is 12.7. The average molecular weight is 307 g/mol. The number of methoxy groups -OCH3 is 1. The van der Waals surface area contributed by atoms with Crippen LogP contribution in [-0.4, -0.2) is 23.2 Å². The first-order chi connectivity index (χ1) is 9.86. The second kappa shape index (κ2) is 5.90. The molecule has 0 saturated heterocycles. The predicted octanol–water partition coefficient (Wildman–Crippen LogP) is 3.70. The number of rotatable bonds is 4. The molecular formula is C16H19ClN2O2. The first-order valence-electron chi connectivity index (χ1n) is 6.71. The third-order valence-electron chi connectivity index (χ3n) is 3.26. The molecule has 1 aromatic heterocycles. The van der Waals surface area contributed by atoms with E-state index in [2.05, 4.69) is 5.10 Å². The number of aromatic nitrogens is 2. The van der Waals surface area contributed by atoms with Crippen LogP contribution in [0.5, 0.6) is 5.75 Å². The van der Waals surface area contributed by atoms with E-state index in [0.29, 0.717) is 12.1 Å². The Morgan fingerprint density at radius 2 is 1.90 bits per heavy atom. The van der Waals surface area contributed by atoms with E-state index in [4.69, 9.17) is 16.3 Å². The summed E-state index contributed by atoms with van der Waals surface area (Å²) in [5.41, 5.74) is 2.16. The number of carbonyl (C=O) groups excluding carboxylic acids is 1. The fourth-order valence-corrected chi connectivity index (χ4v) is 2.59. The van der Waals surface area contributed by atoms with Crippen molar-refractivity contribution in [1.29, 1.82) is 0 Å². The Morgan fingerprint density at radius 3 is 2.38 bits per heavy atom. The van der Waals surface area contributed by atoms with Crippen LogP contribution in [-0.2, 0) is 12.0 Å². The Balaban J connectivity index is 2.41. The van der Waals surface area contributed by atoms with Crippen molar-refractivity contribution in [3.8, 4) is 5.75 Å². The van der Waals surface area contributed by atoms with Crippen LogP contribution in [0.15, 0.2) is 24.3 Å². The van der Waals surface area contributed by atoms with Gasteiger partial charge in [-0.2, -0.15) is 5.10 Å². The van der Waals surface area contributed by atoms with E-state index in [0.717, 1.165) is 23.3 Å². The number of halogens is 1. The normalized spacial score (nSPS) is 11.5. The number of hydrogen-bond acceptors (Lipinski definition) is 3. The number of benzene rings is 1. The maximum atomic E-state index is 11.3. The molecule has 112 valence electrons. The molecule has 2 aromatic rings. The fourth-order valence-electron chi connectivity index (χ4n) is 2.36. The van der Waals surface area contributed by atoms with E-state index in [-0.39, 0.29) is 10.6 Å². The van der Waals surface area contributed by atoms with Gasteiger partial charge in [0.05, 0.1) is 24.9 Å². The third kappa shape index (κ3) is 3.27. The van der Waals surface area contributed by atoms with Crippen molar-refractivity contribution in [2.45, 2.75) is 32.7 Å². The highest BCUT2D eigenvalue weighted by Gasteiger charge is 2.26. The van der Waals surface area contributed by atoms with Gasteiger partial charge in [-0.1, -0.05) is 44.5 Å². The van der Waals surface area contributed by atoms with E-state index in [1.54, 1.807) is 11.8 Å². The second-order valence-corrected chi connectivity index (χ2v) is 6.28. The summed E-state index contributed by atoms with van der Waals surface area (Å²) in [7, 11) is 1.64. The standard InChI is InChI=1S/C16H19ClN2O2/c1-16(2,3)14-13(10-20)15(17)18-19(14)9-11-5-7-12(21-4)8-6-11/h5-8,10H,9H2,1-4H3. The number of carbonyl (C=O) groups is 1. The molecule has 4 nitrogen and oxygen atoms in total. The van der Waals surface area contributed by atoms with Crippen molar-refractivity contribution in [1.82, 2.24) is 9.78 Å². The summed E-state index contributed by atoms with van der Waals surface area (Å²) in [4.78, 5) is 11.3. The maximum absolute atomic E-state index is 11.3. The fraction of sp³-hybridized carbons (Fsp3) is 0.375. The summed E-state index contributed by atoms with van der Waals surface area (Å²) >= 11 is 6.09. The maximum Gasteiger partial charge on any atom is 0.161 e. The van der Waals surface area contributed by atoms with Crippen LogP contribution in [0.2, 0.25) is 5.15 Å². The topological polar surface area (TPSA) is 44.1 Å². The largest absolute Gasteiger partial charge is 0.497 e. The minimum absolute atomic E-state index is 0.219. The highest BCUT2D eigenvalue weighted by Crippen LogP contribution is 2.30. The summed E-state index contributed by atoms with van der Waals surface area (Å²) in [6.45, 7) is 6.68. The number of hydrogen-bond donors (Lipinski definition) is 0. The molecule has 0 amide bonds. The van der Waals surface area contributed by atoms with Gasteiger partial charge in [0.1, 0.15) is 5.75 Å². The molecule has 0 aliphatic heterocycles. The smallest absolute Gasteiger partial charge is 0.161 e. The molecule has 0 spiro atoms. The molecule has 1 heterocycles. The first-order valence-corrected chi connectivity index (χ1v) is 7.09. The van der Waals surface area contributed by atoms with E-state index in [1.807, 2.05) is 45.0 Å². The van der Waals surface area contributed by atoms with Gasteiger partial charge in [-0.3, -0.25) is 9.48 Å². The molecule has 1 aromatic carbocycles. The molecular weight excluding hydrogens is 288 g/mol. The van der Waals surface area contributed by atoms with E-state index < -0.39 is 0 Å². The van der Waals surface area contributed by atoms with Gasteiger partial charge >= 0.3 is 0 Å². The summed E-state index contributed by atoms with van der Waals surface area (Å²) in [6.07, 6.45) is 0.778. The summed E-state index contributed by atoms with van der Waals surface area (Å²) in [5, 5.41) is 4.56. The van der Waals surface area contributed by atoms with E-state index in [9.17, 15) is 4.79 Å². The van der Waals surface area contributed by atoms with Gasteiger partial charge in [0.15, 0.2) is 11.4 Å². The van der Waals surface area contributed by atoms with Gasteiger partial charge in [0, 0.05) is 5.41 Å². The second-order valence-electron chi connectivity index (χ2n) is 5.93. The molecule has 0 saturated carbocycles. The molecule has 0 radical (unpaired) electrons. The highest BCUT2D eigenvalue weighted by molar-refractivity contribution is 6.31. The van der Waals surface area contributed by atoms with Crippen LogP contribution in [0, 0.1) is 0 Å². The summed E-state index contributed by atoms with van der Waals surface area (Å²) < 4.78 is 6.95. The monoisotopic (exact) mass is 306 g/mol. The molecule has 2 rings (SSSR count). The van der Waals surface area contributed by atoms with Crippen molar-refractivity contribution in [3.63, 3.8) is 0 Å². The van der Waals surface area contributed by atoms with E-state index in [1.165, 1.54) is 0 Å². The van der Waals surface area contributed by atoms with Crippen LogP contribution in [0.3, 0.4) is 0 Å². The molecule has 0 bridgehead atoms. The molecule has 21 heavy (non-hydrogen) atoms. The van der Waals surface area contributed by atoms with Crippen LogP contribution in [0.4, 0.5) is 0 Å². The predicted molar refractivity (Wildman–Crippen MR) is 83.4 cm³/mol. The Bertz CT molecular complexity index is 640. The minimum Gasteiger partial charge on any atom is -0.497 e. The quantitative estimate of drug-likeness (QED) is 0.809. The van der Waals surface area contributed by atoms with Gasteiger partial charge in [-0.05, 0) is 17.7 Å². The summed E-state index contributed by atoms with van der Waals surface area (Å²) in [6, 6.07) is 7.75. The van der Waals surface area contributed by atoms with Crippen molar-refractivity contribution < 1.29 is 9.53 Å². The van der Waals surface area contributed by atoms with Crippen molar-refractivity contribution >= 4 is 17.9 Å². The van der Waals surface area contributed by atoms with Gasteiger partial charge in [0.2, 0.25) is 0 Å². The van der Waals surface area contributed by atoms with Gasteiger partial charge in [-0.15, -0.1) is 0 Å². The van der Waals surface area contributed by atoms with Crippen molar-refractivity contribution in [3.05, 3.63) is 46.2 Å². The lowest BCUT2D eigenvalue weighted by Gasteiger charge is -2.21. The zero-order chi connectivity index (χ0) is 15.6.